The van der Waals surface area contributed by atoms with Gasteiger partial charge in [0.05, 0.1) is 0 Å². The average Bonchev–Trinajstić information content (AvgIpc) is 2.77. The molecule has 0 bridgehead atoms. The number of likely N-dealkylation sites (tertiary alicyclic amines) is 1. The Labute approximate surface area is 124 Å². The van der Waals surface area contributed by atoms with Crippen molar-refractivity contribution >= 4 is 17.8 Å². The molecule has 1 saturated carbocycles. The summed E-state index contributed by atoms with van der Waals surface area (Å²) in [5.74, 6) is 1.09. The second kappa shape index (κ2) is 5.14. The topological polar surface area (TPSA) is 87.4 Å². The standard InChI is InChI=1S/C14H22N6O/c1-19(2)11-4-7-16-12(17-11)18-13(21)20-8-10(15)14(9-20)5-3-6-14/h4,7,10H,3,5-6,8-9,15H2,1-2H3,(H,16,17,18,21). The van der Waals surface area contributed by atoms with Crippen LogP contribution in [0.1, 0.15) is 19.3 Å². The molecule has 2 aliphatic rings. The van der Waals surface area contributed by atoms with Crippen LogP contribution in [0.5, 0.6) is 0 Å². The predicted molar refractivity (Wildman–Crippen MR) is 81.2 cm³/mol. The van der Waals surface area contributed by atoms with Crippen LogP contribution >= 0.6 is 0 Å². The zero-order valence-electron chi connectivity index (χ0n) is 12.5. The number of nitrogens with zero attached hydrogens (tertiary/aromatic N) is 4. The van der Waals surface area contributed by atoms with E-state index in [0.717, 1.165) is 25.2 Å². The predicted octanol–water partition coefficient (Wildman–Crippen LogP) is 0.888. The Morgan fingerprint density at radius 3 is 2.86 bits per heavy atom. The molecule has 2 heterocycles. The molecule has 1 saturated heterocycles. The molecule has 7 nitrogen and oxygen atoms in total. The highest BCUT2D eigenvalue weighted by molar-refractivity contribution is 5.88. The first-order chi connectivity index (χ1) is 10.00. The molecule has 1 unspecified atom stereocenters. The molecule has 1 aromatic rings. The van der Waals surface area contributed by atoms with Gasteiger partial charge in [0.25, 0.3) is 0 Å². The number of anilines is 2. The Bertz CT molecular complexity index is 542. The summed E-state index contributed by atoms with van der Waals surface area (Å²) in [5.41, 5.74) is 6.36. The van der Waals surface area contributed by atoms with E-state index in [0.29, 0.717) is 12.5 Å². The Kier molecular flexibility index (Phi) is 3.44. The first-order valence-electron chi connectivity index (χ1n) is 7.32. The normalized spacial score (nSPS) is 23.0. The third kappa shape index (κ3) is 2.53. The Balaban J connectivity index is 1.66. The quantitative estimate of drug-likeness (QED) is 0.844. The SMILES string of the molecule is CN(C)c1ccnc(NC(=O)N2CC(N)C3(CCC3)C2)n1. The lowest BCUT2D eigenvalue weighted by Crippen LogP contribution is -2.45. The minimum absolute atomic E-state index is 0.0889. The molecule has 2 fully saturated rings. The van der Waals surface area contributed by atoms with Crippen molar-refractivity contribution in [3.8, 4) is 0 Å². The van der Waals surface area contributed by atoms with Crippen molar-refractivity contribution in [2.45, 2.75) is 25.3 Å². The lowest BCUT2D eigenvalue weighted by atomic mass is 9.66. The molecule has 1 aromatic heterocycles. The van der Waals surface area contributed by atoms with Crippen LogP contribution in [0.3, 0.4) is 0 Å². The second-order valence-electron chi connectivity index (χ2n) is 6.27. The summed E-state index contributed by atoms with van der Waals surface area (Å²) < 4.78 is 0. The molecular formula is C14H22N6O. The van der Waals surface area contributed by atoms with Gasteiger partial charge in [-0.1, -0.05) is 6.42 Å². The molecule has 114 valence electrons. The van der Waals surface area contributed by atoms with E-state index in [-0.39, 0.29) is 17.5 Å². The van der Waals surface area contributed by atoms with Crippen molar-refractivity contribution in [3.63, 3.8) is 0 Å². The molecular weight excluding hydrogens is 268 g/mol. The fraction of sp³-hybridized carbons (Fsp3) is 0.643. The number of urea groups is 1. The highest BCUT2D eigenvalue weighted by Crippen LogP contribution is 2.47. The lowest BCUT2D eigenvalue weighted by Gasteiger charge is -2.41. The van der Waals surface area contributed by atoms with Crippen LogP contribution in [-0.2, 0) is 0 Å². The molecule has 0 radical (unpaired) electrons. The Morgan fingerprint density at radius 1 is 1.52 bits per heavy atom. The van der Waals surface area contributed by atoms with Crippen molar-refractivity contribution in [2.24, 2.45) is 11.1 Å². The molecule has 1 aliphatic heterocycles. The van der Waals surface area contributed by atoms with E-state index in [1.165, 1.54) is 6.42 Å². The number of hydrogen-bond acceptors (Lipinski definition) is 5. The van der Waals surface area contributed by atoms with Crippen molar-refractivity contribution < 1.29 is 4.79 Å². The molecule has 21 heavy (non-hydrogen) atoms. The number of nitrogens with two attached hydrogens (primary N) is 1. The summed E-state index contributed by atoms with van der Waals surface area (Å²) in [6, 6.07) is 1.72. The number of rotatable bonds is 2. The first-order valence-corrected chi connectivity index (χ1v) is 7.32. The van der Waals surface area contributed by atoms with E-state index in [9.17, 15) is 4.79 Å². The number of amides is 2. The summed E-state index contributed by atoms with van der Waals surface area (Å²) in [5, 5.41) is 2.77. The van der Waals surface area contributed by atoms with Gasteiger partial charge in [-0.3, -0.25) is 5.32 Å². The van der Waals surface area contributed by atoms with Crippen molar-refractivity contribution in [1.82, 2.24) is 14.9 Å². The van der Waals surface area contributed by atoms with Gasteiger partial charge in [-0.2, -0.15) is 4.98 Å². The van der Waals surface area contributed by atoms with Crippen molar-refractivity contribution in [2.75, 3.05) is 37.4 Å². The Hall–Kier alpha value is -1.89. The van der Waals surface area contributed by atoms with Gasteiger partial charge in [0.15, 0.2) is 0 Å². The van der Waals surface area contributed by atoms with E-state index in [2.05, 4.69) is 15.3 Å². The van der Waals surface area contributed by atoms with Crippen LogP contribution in [0, 0.1) is 5.41 Å². The molecule has 2 amide bonds. The Morgan fingerprint density at radius 2 is 2.29 bits per heavy atom. The van der Waals surface area contributed by atoms with Gasteiger partial charge in [-0.25, -0.2) is 9.78 Å². The molecule has 0 aromatic carbocycles. The summed E-state index contributed by atoms with van der Waals surface area (Å²) >= 11 is 0. The lowest BCUT2D eigenvalue weighted by molar-refractivity contribution is 0.127. The average molecular weight is 290 g/mol. The summed E-state index contributed by atoms with van der Waals surface area (Å²) in [7, 11) is 3.79. The highest BCUT2D eigenvalue weighted by Gasteiger charge is 2.49. The fourth-order valence-electron chi connectivity index (χ4n) is 3.14. The van der Waals surface area contributed by atoms with E-state index in [4.69, 9.17) is 5.73 Å². The zero-order valence-corrected chi connectivity index (χ0v) is 12.5. The summed E-state index contributed by atoms with van der Waals surface area (Å²) in [6.07, 6.45) is 5.12. The van der Waals surface area contributed by atoms with Crippen LogP contribution < -0.4 is 16.0 Å². The number of hydrogen-bond donors (Lipinski definition) is 2. The number of carbonyl (C=O) groups excluding carboxylic acids is 1. The van der Waals surface area contributed by atoms with Crippen LogP contribution in [0.2, 0.25) is 0 Å². The third-order valence-corrected chi connectivity index (χ3v) is 4.66. The molecule has 3 rings (SSSR count). The van der Waals surface area contributed by atoms with Gasteiger partial charge in [-0.15, -0.1) is 0 Å². The van der Waals surface area contributed by atoms with Crippen molar-refractivity contribution in [3.05, 3.63) is 12.3 Å². The van der Waals surface area contributed by atoms with Crippen LogP contribution in [-0.4, -0.2) is 54.1 Å². The summed E-state index contributed by atoms with van der Waals surface area (Å²) in [4.78, 5) is 24.4. The number of nitrogens with one attached hydrogen (secondary N) is 1. The van der Waals surface area contributed by atoms with E-state index in [1.54, 1.807) is 17.2 Å². The largest absolute Gasteiger partial charge is 0.363 e. The van der Waals surface area contributed by atoms with Crippen LogP contribution in [0.25, 0.3) is 0 Å². The maximum Gasteiger partial charge on any atom is 0.324 e. The molecule has 1 spiro atoms. The second-order valence-corrected chi connectivity index (χ2v) is 6.27. The van der Waals surface area contributed by atoms with E-state index in [1.807, 2.05) is 19.0 Å². The third-order valence-electron chi connectivity index (χ3n) is 4.66. The molecule has 3 N–H and O–H groups in total. The molecule has 7 heteroatoms. The fourth-order valence-corrected chi connectivity index (χ4v) is 3.14. The highest BCUT2D eigenvalue weighted by atomic mass is 16.2. The molecule has 1 atom stereocenters. The van der Waals surface area contributed by atoms with Gasteiger partial charge in [-0.05, 0) is 18.9 Å². The minimum atomic E-state index is -0.162. The van der Waals surface area contributed by atoms with Gasteiger partial charge in [0, 0.05) is 44.8 Å². The zero-order chi connectivity index (χ0) is 15.0. The smallest absolute Gasteiger partial charge is 0.324 e. The first kappa shape index (κ1) is 14.1. The van der Waals surface area contributed by atoms with Crippen LogP contribution in [0.15, 0.2) is 12.3 Å². The number of carbonyl (C=O) groups is 1. The maximum absolute atomic E-state index is 12.3. The van der Waals surface area contributed by atoms with Gasteiger partial charge >= 0.3 is 6.03 Å². The number of aromatic nitrogens is 2. The minimum Gasteiger partial charge on any atom is -0.363 e. The van der Waals surface area contributed by atoms with E-state index >= 15 is 0 Å². The van der Waals surface area contributed by atoms with E-state index < -0.39 is 0 Å². The monoisotopic (exact) mass is 290 g/mol. The van der Waals surface area contributed by atoms with Crippen LogP contribution in [0.4, 0.5) is 16.6 Å². The maximum atomic E-state index is 12.3. The van der Waals surface area contributed by atoms with Gasteiger partial charge in [0.2, 0.25) is 5.95 Å². The summed E-state index contributed by atoms with van der Waals surface area (Å²) in [6.45, 7) is 1.35. The van der Waals surface area contributed by atoms with Crippen molar-refractivity contribution in [1.29, 1.82) is 0 Å². The molecule has 1 aliphatic carbocycles. The van der Waals surface area contributed by atoms with Gasteiger partial charge < -0.3 is 15.5 Å². The van der Waals surface area contributed by atoms with Gasteiger partial charge in [0.1, 0.15) is 5.82 Å².